The van der Waals surface area contributed by atoms with E-state index in [-0.39, 0.29) is 5.84 Å². The Balaban J connectivity index is 2.07. The second-order valence-corrected chi connectivity index (χ2v) is 4.25. The van der Waals surface area contributed by atoms with Crippen molar-refractivity contribution in [3.8, 4) is 0 Å². The molecule has 3 N–H and O–H groups in total. The molecule has 2 rings (SSSR count). The first-order valence-electron chi connectivity index (χ1n) is 5.55. The van der Waals surface area contributed by atoms with Gasteiger partial charge < -0.3 is 15.5 Å². The van der Waals surface area contributed by atoms with Crippen molar-refractivity contribution < 1.29 is 0 Å². The van der Waals surface area contributed by atoms with Gasteiger partial charge in [-0.3, -0.25) is 5.41 Å². The van der Waals surface area contributed by atoms with Gasteiger partial charge in [0.2, 0.25) is 0 Å². The zero-order valence-electron chi connectivity index (χ0n) is 9.61. The second-order valence-electron chi connectivity index (χ2n) is 4.25. The average Bonchev–Trinajstić information content (AvgIpc) is 2.30. The highest BCUT2D eigenvalue weighted by Crippen LogP contribution is 2.16. The van der Waals surface area contributed by atoms with Gasteiger partial charge in [-0.1, -0.05) is 0 Å². The Morgan fingerprint density at radius 3 is 2.19 bits per heavy atom. The molecule has 0 spiro atoms. The molecule has 0 unspecified atom stereocenters. The highest BCUT2D eigenvalue weighted by Gasteiger charge is 2.13. The fraction of sp³-hybridized carbons (Fsp3) is 0.417. The van der Waals surface area contributed by atoms with Gasteiger partial charge in [0.1, 0.15) is 5.84 Å². The maximum absolute atomic E-state index is 7.33. The van der Waals surface area contributed by atoms with E-state index in [9.17, 15) is 0 Å². The number of likely N-dealkylation sites (N-methyl/N-ethyl adjacent to an activating group) is 1. The van der Waals surface area contributed by atoms with E-state index in [1.54, 1.807) is 0 Å². The summed E-state index contributed by atoms with van der Waals surface area (Å²) in [5.74, 6) is 0.130. The first-order chi connectivity index (χ1) is 7.66. The van der Waals surface area contributed by atoms with Crippen molar-refractivity contribution in [2.75, 3.05) is 38.1 Å². The van der Waals surface area contributed by atoms with Crippen molar-refractivity contribution in [1.29, 1.82) is 5.41 Å². The Morgan fingerprint density at radius 2 is 1.69 bits per heavy atom. The fourth-order valence-electron chi connectivity index (χ4n) is 1.92. The predicted octanol–water partition coefficient (Wildman–Crippen LogP) is 0.722. The number of piperazine rings is 1. The van der Waals surface area contributed by atoms with Crippen LogP contribution in [0.3, 0.4) is 0 Å². The van der Waals surface area contributed by atoms with Crippen LogP contribution in [0, 0.1) is 5.41 Å². The number of benzene rings is 1. The summed E-state index contributed by atoms with van der Waals surface area (Å²) in [4.78, 5) is 4.70. The van der Waals surface area contributed by atoms with Crippen LogP contribution >= 0.6 is 0 Å². The van der Waals surface area contributed by atoms with E-state index < -0.39 is 0 Å². The summed E-state index contributed by atoms with van der Waals surface area (Å²) in [6, 6.07) is 7.91. The lowest BCUT2D eigenvalue weighted by Gasteiger charge is -2.34. The van der Waals surface area contributed by atoms with Crippen LogP contribution in [0.5, 0.6) is 0 Å². The molecule has 0 radical (unpaired) electrons. The number of hydrogen-bond donors (Lipinski definition) is 2. The van der Waals surface area contributed by atoms with E-state index in [0.29, 0.717) is 0 Å². The molecule has 16 heavy (non-hydrogen) atoms. The monoisotopic (exact) mass is 218 g/mol. The summed E-state index contributed by atoms with van der Waals surface area (Å²) in [6.45, 7) is 4.34. The van der Waals surface area contributed by atoms with Crippen molar-refractivity contribution in [3.63, 3.8) is 0 Å². The molecule has 0 bridgehead atoms. The zero-order valence-corrected chi connectivity index (χ0v) is 9.61. The number of hydrogen-bond acceptors (Lipinski definition) is 3. The maximum Gasteiger partial charge on any atom is 0.122 e. The van der Waals surface area contributed by atoms with Gasteiger partial charge >= 0.3 is 0 Å². The number of anilines is 1. The van der Waals surface area contributed by atoms with Crippen molar-refractivity contribution >= 4 is 11.5 Å². The molecule has 0 atom stereocenters. The lowest BCUT2D eigenvalue weighted by Crippen LogP contribution is -2.44. The van der Waals surface area contributed by atoms with Crippen LogP contribution in [-0.4, -0.2) is 44.0 Å². The molecule has 4 heteroatoms. The lowest BCUT2D eigenvalue weighted by molar-refractivity contribution is 0.313. The van der Waals surface area contributed by atoms with Gasteiger partial charge in [-0.15, -0.1) is 0 Å². The van der Waals surface area contributed by atoms with Crippen LogP contribution < -0.4 is 10.6 Å². The molecule has 86 valence electrons. The number of nitrogens with zero attached hydrogens (tertiary/aromatic N) is 2. The van der Waals surface area contributed by atoms with E-state index in [0.717, 1.165) is 31.7 Å². The van der Waals surface area contributed by atoms with Gasteiger partial charge in [0.15, 0.2) is 0 Å². The summed E-state index contributed by atoms with van der Waals surface area (Å²) in [6.07, 6.45) is 0. The van der Waals surface area contributed by atoms with E-state index >= 15 is 0 Å². The number of nitrogens with one attached hydrogen (secondary N) is 1. The Kier molecular flexibility index (Phi) is 3.10. The van der Waals surface area contributed by atoms with Gasteiger partial charge in [-0.2, -0.15) is 0 Å². The number of amidine groups is 1. The number of nitrogens with two attached hydrogens (primary N) is 1. The quantitative estimate of drug-likeness (QED) is 0.568. The largest absolute Gasteiger partial charge is 0.384 e. The van der Waals surface area contributed by atoms with E-state index in [2.05, 4.69) is 16.8 Å². The van der Waals surface area contributed by atoms with Crippen LogP contribution in [-0.2, 0) is 0 Å². The normalized spacial score (nSPS) is 17.4. The standard InChI is InChI=1S/C12H18N4/c1-15-6-8-16(9-7-15)11-4-2-10(3-5-11)12(13)14/h2-5H,6-9H2,1H3,(H3,13,14). The SMILES string of the molecule is CN1CCN(c2ccc(C(=N)N)cc2)CC1. The number of rotatable bonds is 2. The summed E-state index contributed by atoms with van der Waals surface area (Å²) >= 11 is 0. The third-order valence-corrected chi connectivity index (χ3v) is 3.05. The highest BCUT2D eigenvalue weighted by atomic mass is 15.2. The smallest absolute Gasteiger partial charge is 0.122 e. The van der Waals surface area contributed by atoms with E-state index in [1.807, 2.05) is 24.3 Å². The molecule has 0 aliphatic carbocycles. The van der Waals surface area contributed by atoms with Gasteiger partial charge in [0.25, 0.3) is 0 Å². The van der Waals surface area contributed by atoms with Gasteiger partial charge in [0.05, 0.1) is 0 Å². The first-order valence-corrected chi connectivity index (χ1v) is 5.55. The molecule has 1 aliphatic rings. The lowest BCUT2D eigenvalue weighted by atomic mass is 10.1. The first kappa shape index (κ1) is 11.0. The molecule has 1 aromatic carbocycles. The summed E-state index contributed by atoms with van der Waals surface area (Å²) < 4.78 is 0. The van der Waals surface area contributed by atoms with Gasteiger partial charge in [-0.05, 0) is 31.3 Å². The van der Waals surface area contributed by atoms with Crippen LogP contribution in [0.2, 0.25) is 0 Å². The number of nitrogen functional groups attached to an aromatic ring is 1. The predicted molar refractivity (Wildman–Crippen MR) is 67.2 cm³/mol. The topological polar surface area (TPSA) is 56.4 Å². The second kappa shape index (κ2) is 4.53. The molecule has 4 nitrogen and oxygen atoms in total. The van der Waals surface area contributed by atoms with Gasteiger partial charge in [-0.25, -0.2) is 0 Å². The molecule has 1 fully saturated rings. The molecular formula is C12H18N4. The molecular weight excluding hydrogens is 200 g/mol. The minimum Gasteiger partial charge on any atom is -0.384 e. The molecule has 1 saturated heterocycles. The van der Waals surface area contributed by atoms with Crippen LogP contribution in [0.15, 0.2) is 24.3 Å². The Morgan fingerprint density at radius 1 is 1.12 bits per heavy atom. The molecule has 1 heterocycles. The van der Waals surface area contributed by atoms with Crippen LogP contribution in [0.25, 0.3) is 0 Å². The Hall–Kier alpha value is -1.55. The summed E-state index contributed by atoms with van der Waals surface area (Å²) in [5.41, 5.74) is 7.43. The summed E-state index contributed by atoms with van der Waals surface area (Å²) in [7, 11) is 2.15. The minimum atomic E-state index is 0.130. The maximum atomic E-state index is 7.33. The molecule has 0 amide bonds. The van der Waals surface area contributed by atoms with Crippen molar-refractivity contribution in [2.24, 2.45) is 5.73 Å². The molecule has 0 saturated carbocycles. The van der Waals surface area contributed by atoms with Crippen LogP contribution in [0.1, 0.15) is 5.56 Å². The molecule has 0 aromatic heterocycles. The minimum absolute atomic E-state index is 0.130. The van der Waals surface area contributed by atoms with E-state index in [1.165, 1.54) is 5.69 Å². The van der Waals surface area contributed by atoms with Crippen molar-refractivity contribution in [2.45, 2.75) is 0 Å². The van der Waals surface area contributed by atoms with Crippen molar-refractivity contribution in [1.82, 2.24) is 4.90 Å². The van der Waals surface area contributed by atoms with Crippen LogP contribution in [0.4, 0.5) is 5.69 Å². The zero-order chi connectivity index (χ0) is 11.5. The van der Waals surface area contributed by atoms with Gasteiger partial charge in [0, 0.05) is 37.4 Å². The fourth-order valence-corrected chi connectivity index (χ4v) is 1.92. The Bertz CT molecular complexity index is 363. The third-order valence-electron chi connectivity index (χ3n) is 3.05. The van der Waals surface area contributed by atoms with E-state index in [4.69, 9.17) is 11.1 Å². The Labute approximate surface area is 96.2 Å². The molecule has 1 aliphatic heterocycles. The highest BCUT2D eigenvalue weighted by molar-refractivity contribution is 5.95. The summed E-state index contributed by atoms with van der Waals surface area (Å²) in [5, 5.41) is 7.33. The average molecular weight is 218 g/mol. The molecule has 1 aromatic rings. The van der Waals surface area contributed by atoms with Crippen molar-refractivity contribution in [3.05, 3.63) is 29.8 Å². The third kappa shape index (κ3) is 2.33.